The molecule has 2 atom stereocenters. The van der Waals surface area contributed by atoms with E-state index in [0.717, 1.165) is 16.2 Å². The van der Waals surface area contributed by atoms with E-state index in [1.54, 1.807) is 0 Å². The minimum Gasteiger partial charge on any atom is -0.350 e. The monoisotopic (exact) mass is 392 g/mol. The molecule has 0 radical (unpaired) electrons. The third-order valence-corrected chi connectivity index (χ3v) is 5.24. The molecule has 5 heteroatoms. The molecule has 1 saturated carbocycles. The molecule has 0 spiro atoms. The van der Waals surface area contributed by atoms with E-state index in [9.17, 15) is 0 Å². The largest absolute Gasteiger partial charge is 0.350 e. The van der Waals surface area contributed by atoms with Crippen molar-refractivity contribution in [1.82, 2.24) is 16.0 Å². The van der Waals surface area contributed by atoms with Crippen LogP contribution in [0.25, 0.3) is 0 Å². The average molecular weight is 392 g/mol. The number of nitrogens with one attached hydrogen (secondary N) is 3. The fourth-order valence-electron chi connectivity index (χ4n) is 3.22. The third-order valence-electron chi connectivity index (χ3n) is 4.65. The van der Waals surface area contributed by atoms with Crippen molar-refractivity contribution in [2.24, 2.45) is 16.3 Å². The Morgan fingerprint density at radius 2 is 1.90 bits per heavy atom. The number of halogens is 1. The van der Waals surface area contributed by atoms with Crippen LogP contribution in [0, 0.1) is 11.3 Å². The summed E-state index contributed by atoms with van der Waals surface area (Å²) in [5.41, 5.74) is 0.457. The van der Waals surface area contributed by atoms with Gasteiger partial charge >= 0.3 is 0 Å². The second kappa shape index (κ2) is 6.92. The number of hydrogen-bond acceptors (Lipinski definition) is 4. The number of aliphatic imine (C=N–C) groups is 1. The Morgan fingerprint density at radius 3 is 2.45 bits per heavy atom. The lowest BCUT2D eigenvalue weighted by Crippen LogP contribution is -2.59. The van der Waals surface area contributed by atoms with Gasteiger partial charge in [-0.3, -0.25) is 10.6 Å². The zero-order valence-electron chi connectivity index (χ0n) is 13.2. The van der Waals surface area contributed by atoms with Crippen LogP contribution in [-0.4, -0.2) is 22.3 Å². The molecule has 1 aliphatic heterocycles. The first-order valence-electron chi connectivity index (χ1n) is 7.90. The van der Waals surface area contributed by atoms with Crippen LogP contribution in [0.3, 0.4) is 0 Å². The van der Waals surface area contributed by atoms with E-state index in [-0.39, 0.29) is 6.29 Å². The quantitative estimate of drug-likeness (QED) is 0.511. The molecule has 1 fully saturated rings. The molecule has 20 heavy (non-hydrogen) atoms. The molecule has 116 valence electrons. The minimum atomic E-state index is 0.0734. The predicted molar refractivity (Wildman–Crippen MR) is 93.9 cm³/mol. The molecule has 2 rings (SSSR count). The number of rotatable bonds is 3. The smallest absolute Gasteiger partial charge is 0.164 e. The van der Waals surface area contributed by atoms with Gasteiger partial charge in [-0.15, -0.1) is 0 Å². The maximum atomic E-state index is 4.61. The van der Waals surface area contributed by atoms with Crippen LogP contribution in [0.5, 0.6) is 0 Å². The highest BCUT2D eigenvalue weighted by molar-refractivity contribution is 14.1. The molecule has 0 bridgehead atoms. The molecule has 0 aromatic heterocycles. The van der Waals surface area contributed by atoms with E-state index in [0.29, 0.717) is 17.6 Å². The lowest BCUT2D eigenvalue weighted by molar-refractivity contribution is 0.151. The fourth-order valence-corrected chi connectivity index (χ4v) is 3.87. The summed E-state index contributed by atoms with van der Waals surface area (Å²) < 4.78 is 1.01. The van der Waals surface area contributed by atoms with Crippen LogP contribution < -0.4 is 16.0 Å². The summed E-state index contributed by atoms with van der Waals surface area (Å²) in [5.74, 6) is 0.869. The van der Waals surface area contributed by atoms with Crippen LogP contribution >= 0.6 is 22.6 Å². The molecular formula is C15H29IN4. The van der Waals surface area contributed by atoms with Crippen molar-refractivity contribution in [3.05, 3.63) is 0 Å². The Balaban J connectivity index is 1.82. The van der Waals surface area contributed by atoms with Crippen molar-refractivity contribution < 1.29 is 0 Å². The minimum absolute atomic E-state index is 0.0734. The van der Waals surface area contributed by atoms with Crippen LogP contribution in [-0.2, 0) is 0 Å². The molecule has 3 N–H and O–H groups in total. The van der Waals surface area contributed by atoms with Gasteiger partial charge in [0, 0.05) is 6.04 Å². The van der Waals surface area contributed by atoms with Crippen molar-refractivity contribution in [1.29, 1.82) is 0 Å². The van der Waals surface area contributed by atoms with Gasteiger partial charge in [-0.05, 0) is 66.0 Å². The van der Waals surface area contributed by atoms with Gasteiger partial charge in [-0.25, -0.2) is 4.99 Å². The highest BCUT2D eigenvalue weighted by atomic mass is 127. The molecule has 1 heterocycles. The van der Waals surface area contributed by atoms with E-state index in [4.69, 9.17) is 0 Å². The Kier molecular flexibility index (Phi) is 5.71. The topological polar surface area (TPSA) is 48.5 Å². The lowest BCUT2D eigenvalue weighted by Gasteiger charge is -2.39. The first-order chi connectivity index (χ1) is 9.38. The zero-order chi connectivity index (χ0) is 14.8. The highest BCUT2D eigenvalue weighted by Gasteiger charge is 2.31. The van der Waals surface area contributed by atoms with Crippen LogP contribution in [0.2, 0.25) is 0 Å². The number of hydrogen-bond donors (Lipinski definition) is 3. The Labute approximate surface area is 137 Å². The molecule has 1 aliphatic carbocycles. The number of nitrogens with zero attached hydrogens (tertiary/aromatic N) is 1. The van der Waals surface area contributed by atoms with Gasteiger partial charge in [0.05, 0.1) is 6.17 Å². The summed E-state index contributed by atoms with van der Waals surface area (Å²) in [6, 6.07) is 0.606. The summed E-state index contributed by atoms with van der Waals surface area (Å²) in [6.07, 6.45) is 6.70. The zero-order valence-corrected chi connectivity index (χ0v) is 15.3. The standard InChI is InChI=1S/C15H29IN4/c1-5-12-18-13(16)20-14(19-12)17-11-8-6-10(7-9-11)15(2,3)4/h10-12,14,17,19H,5-9H2,1-4H3,(H,18,20). The molecular weight excluding hydrogens is 363 g/mol. The second-order valence-corrected chi connectivity index (χ2v) is 8.20. The Morgan fingerprint density at radius 1 is 1.25 bits per heavy atom. The van der Waals surface area contributed by atoms with Crippen molar-refractivity contribution in [2.75, 3.05) is 0 Å². The highest BCUT2D eigenvalue weighted by Crippen LogP contribution is 2.37. The summed E-state index contributed by atoms with van der Waals surface area (Å²) in [5, 5.41) is 10.5. The number of amidine groups is 1. The van der Waals surface area contributed by atoms with Gasteiger partial charge in [-0.1, -0.05) is 27.7 Å². The van der Waals surface area contributed by atoms with Gasteiger partial charge in [-0.2, -0.15) is 0 Å². The maximum Gasteiger partial charge on any atom is 0.164 e. The molecule has 2 aliphatic rings. The van der Waals surface area contributed by atoms with Crippen molar-refractivity contribution in [3.8, 4) is 0 Å². The molecule has 0 amide bonds. The third kappa shape index (κ3) is 4.56. The lowest BCUT2D eigenvalue weighted by atomic mass is 9.71. The summed E-state index contributed by atoms with van der Waals surface area (Å²) in [6.45, 7) is 9.31. The summed E-state index contributed by atoms with van der Waals surface area (Å²) in [7, 11) is 0. The fraction of sp³-hybridized carbons (Fsp3) is 0.933. The SMILES string of the molecule is CCC1NC(I)=NC(NC2CCC(C(C)(C)C)CC2)N1. The molecule has 0 aromatic rings. The maximum absolute atomic E-state index is 4.61. The van der Waals surface area contributed by atoms with Gasteiger partial charge in [0.2, 0.25) is 0 Å². The summed E-state index contributed by atoms with van der Waals surface area (Å²) >= 11 is 2.28. The summed E-state index contributed by atoms with van der Waals surface area (Å²) in [4.78, 5) is 4.61. The van der Waals surface area contributed by atoms with E-state index in [1.807, 2.05) is 0 Å². The first kappa shape index (κ1) is 16.5. The van der Waals surface area contributed by atoms with E-state index in [2.05, 4.69) is 71.2 Å². The average Bonchev–Trinajstić information content (AvgIpc) is 2.37. The van der Waals surface area contributed by atoms with Crippen molar-refractivity contribution >= 4 is 26.4 Å². The molecule has 0 saturated heterocycles. The Bertz CT molecular complexity index is 342. The van der Waals surface area contributed by atoms with Gasteiger partial charge in [0.25, 0.3) is 0 Å². The van der Waals surface area contributed by atoms with E-state index < -0.39 is 0 Å². The van der Waals surface area contributed by atoms with Crippen molar-refractivity contribution in [2.45, 2.75) is 78.3 Å². The second-order valence-electron chi connectivity index (χ2n) is 7.18. The molecule has 4 nitrogen and oxygen atoms in total. The van der Waals surface area contributed by atoms with E-state index in [1.165, 1.54) is 25.7 Å². The molecule has 0 aromatic carbocycles. The van der Waals surface area contributed by atoms with E-state index >= 15 is 0 Å². The normalized spacial score (nSPS) is 35.4. The van der Waals surface area contributed by atoms with Crippen LogP contribution in [0.15, 0.2) is 4.99 Å². The predicted octanol–water partition coefficient (Wildman–Crippen LogP) is 3.18. The van der Waals surface area contributed by atoms with Gasteiger partial charge in [0.15, 0.2) is 10.1 Å². The Hall–Kier alpha value is 0.120. The van der Waals surface area contributed by atoms with Gasteiger partial charge in [0.1, 0.15) is 0 Å². The van der Waals surface area contributed by atoms with Gasteiger partial charge < -0.3 is 5.32 Å². The van der Waals surface area contributed by atoms with Crippen LogP contribution in [0.4, 0.5) is 0 Å². The van der Waals surface area contributed by atoms with Crippen molar-refractivity contribution in [3.63, 3.8) is 0 Å². The first-order valence-corrected chi connectivity index (χ1v) is 8.98. The van der Waals surface area contributed by atoms with Crippen LogP contribution in [0.1, 0.15) is 59.8 Å². The molecule has 2 unspecified atom stereocenters.